The van der Waals surface area contributed by atoms with Gasteiger partial charge in [-0.05, 0) is 59.7 Å². The normalized spacial score (nSPS) is 11.8. The topological polar surface area (TPSA) is 59.1 Å². The highest BCUT2D eigenvalue weighted by Gasteiger charge is 2.07. The predicted molar refractivity (Wildman–Crippen MR) is 106 cm³/mol. The quantitative estimate of drug-likeness (QED) is 0.407. The van der Waals surface area contributed by atoms with Crippen molar-refractivity contribution in [1.82, 2.24) is 4.57 Å². The molecule has 0 aliphatic carbocycles. The minimum absolute atomic E-state index is 0.227. The number of methoxy groups -OCH3 is 1. The molecule has 0 atom stereocenters. The maximum atomic E-state index is 9.31. The number of thiazole rings is 1. The lowest BCUT2D eigenvalue weighted by molar-refractivity contribution is 0.415. The Morgan fingerprint density at radius 1 is 1.15 bits per heavy atom. The van der Waals surface area contributed by atoms with Crippen LogP contribution >= 0.6 is 11.3 Å². The summed E-state index contributed by atoms with van der Waals surface area (Å²) in [6.45, 7) is 4.47. The van der Waals surface area contributed by atoms with Gasteiger partial charge in [-0.3, -0.25) is 0 Å². The van der Waals surface area contributed by atoms with Crippen LogP contribution in [-0.4, -0.2) is 23.0 Å². The first-order chi connectivity index (χ1) is 12.7. The molecule has 1 aromatic heterocycles. The number of aromatic hydroxyl groups is 1. The molecule has 0 fully saturated rings. The van der Waals surface area contributed by atoms with Gasteiger partial charge in [0.1, 0.15) is 11.5 Å². The van der Waals surface area contributed by atoms with Gasteiger partial charge in [0.2, 0.25) is 4.80 Å². The molecule has 0 bridgehead atoms. The first-order valence-corrected chi connectivity index (χ1v) is 8.89. The summed E-state index contributed by atoms with van der Waals surface area (Å²) in [5, 5.41) is 19.9. The summed E-state index contributed by atoms with van der Waals surface area (Å²) < 4.78 is 7.28. The average Bonchev–Trinajstić information content (AvgIpc) is 3.06. The van der Waals surface area contributed by atoms with Crippen molar-refractivity contribution >= 4 is 17.6 Å². The van der Waals surface area contributed by atoms with Crippen LogP contribution in [0.1, 0.15) is 5.56 Å². The van der Waals surface area contributed by atoms with Crippen molar-refractivity contribution in [2.75, 3.05) is 7.11 Å². The molecule has 2 aromatic carbocycles. The molecule has 1 heterocycles. The summed E-state index contributed by atoms with van der Waals surface area (Å²) in [5.74, 6) is 1.05. The van der Waals surface area contributed by atoms with E-state index in [0.717, 1.165) is 27.4 Å². The van der Waals surface area contributed by atoms with Crippen LogP contribution in [0.3, 0.4) is 0 Å². The Kier molecular flexibility index (Phi) is 5.66. The Hall–Kier alpha value is -3.12. The molecule has 1 N–H and O–H groups in total. The molecule has 6 heteroatoms. The van der Waals surface area contributed by atoms with Crippen LogP contribution in [0.4, 0.5) is 0 Å². The zero-order valence-electron chi connectivity index (χ0n) is 14.4. The number of hydrogen-bond acceptors (Lipinski definition) is 5. The molecule has 0 unspecified atom stereocenters. The van der Waals surface area contributed by atoms with E-state index in [2.05, 4.69) is 26.7 Å². The van der Waals surface area contributed by atoms with Crippen molar-refractivity contribution < 1.29 is 9.84 Å². The maximum absolute atomic E-state index is 9.31. The third-order valence-electron chi connectivity index (χ3n) is 3.74. The molecular formula is C20H19N3O2S. The third kappa shape index (κ3) is 4.10. The van der Waals surface area contributed by atoms with Gasteiger partial charge < -0.3 is 14.4 Å². The van der Waals surface area contributed by atoms with E-state index in [4.69, 9.17) is 4.74 Å². The van der Waals surface area contributed by atoms with Gasteiger partial charge in [0.15, 0.2) is 0 Å². The number of nitrogens with zero attached hydrogens (tertiary/aromatic N) is 3. The Balaban J connectivity index is 1.93. The molecule has 0 amide bonds. The van der Waals surface area contributed by atoms with Crippen LogP contribution in [0.15, 0.2) is 76.8 Å². The monoisotopic (exact) mass is 365 g/mol. The fourth-order valence-corrected chi connectivity index (χ4v) is 3.29. The van der Waals surface area contributed by atoms with Crippen molar-refractivity contribution in [2.24, 2.45) is 10.2 Å². The number of benzene rings is 2. The summed E-state index contributed by atoms with van der Waals surface area (Å²) in [4.78, 5) is 0.783. The van der Waals surface area contributed by atoms with Crippen molar-refractivity contribution in [3.05, 3.63) is 76.9 Å². The molecular weight excluding hydrogens is 346 g/mol. The summed E-state index contributed by atoms with van der Waals surface area (Å²) in [7, 11) is 1.65. The number of ether oxygens (including phenoxy) is 1. The minimum atomic E-state index is 0.227. The predicted octanol–water partition coefficient (Wildman–Crippen LogP) is 4.05. The van der Waals surface area contributed by atoms with Crippen molar-refractivity contribution in [3.63, 3.8) is 0 Å². The van der Waals surface area contributed by atoms with Gasteiger partial charge in [0.25, 0.3) is 0 Å². The second kappa shape index (κ2) is 8.31. The molecule has 5 nitrogen and oxygen atoms in total. The molecule has 132 valence electrons. The van der Waals surface area contributed by atoms with E-state index < -0.39 is 0 Å². The molecule has 0 saturated carbocycles. The van der Waals surface area contributed by atoms with E-state index in [0.29, 0.717) is 6.54 Å². The fraction of sp³-hybridized carbons (Fsp3) is 0.100. The molecule has 3 rings (SSSR count). The zero-order valence-corrected chi connectivity index (χ0v) is 15.2. The third-order valence-corrected chi connectivity index (χ3v) is 4.59. The Morgan fingerprint density at radius 3 is 2.54 bits per heavy atom. The van der Waals surface area contributed by atoms with E-state index in [9.17, 15) is 5.11 Å². The van der Waals surface area contributed by atoms with E-state index >= 15 is 0 Å². The number of phenols is 1. The minimum Gasteiger partial charge on any atom is -0.508 e. The second-order valence-electron chi connectivity index (χ2n) is 5.47. The number of aromatic nitrogens is 1. The Bertz CT molecular complexity index is 968. The van der Waals surface area contributed by atoms with Crippen LogP contribution in [0, 0.1) is 0 Å². The largest absolute Gasteiger partial charge is 0.508 e. The van der Waals surface area contributed by atoms with Crippen LogP contribution in [0.25, 0.3) is 11.3 Å². The highest BCUT2D eigenvalue weighted by molar-refractivity contribution is 7.07. The van der Waals surface area contributed by atoms with Gasteiger partial charge in [-0.25, -0.2) is 0 Å². The lowest BCUT2D eigenvalue weighted by Crippen LogP contribution is -2.14. The van der Waals surface area contributed by atoms with E-state index in [1.54, 1.807) is 37.6 Å². The molecule has 3 aromatic rings. The first kappa shape index (κ1) is 17.7. The average molecular weight is 365 g/mol. The Labute approximate surface area is 155 Å². The van der Waals surface area contributed by atoms with Crippen molar-refractivity contribution in [1.29, 1.82) is 0 Å². The van der Waals surface area contributed by atoms with Crippen LogP contribution in [0.5, 0.6) is 11.5 Å². The number of rotatable bonds is 6. The van der Waals surface area contributed by atoms with Crippen molar-refractivity contribution in [2.45, 2.75) is 6.54 Å². The number of phenolic OH excluding ortho intramolecular Hbond substituents is 1. The van der Waals surface area contributed by atoms with Gasteiger partial charge in [0.05, 0.1) is 19.0 Å². The van der Waals surface area contributed by atoms with Gasteiger partial charge in [-0.15, -0.1) is 23.0 Å². The number of hydrogen-bond donors (Lipinski definition) is 1. The SMILES string of the molecule is C=CCn1c(-c2ccc(OC)cc2)cs/c1=N\N=C/c1ccc(O)cc1. The summed E-state index contributed by atoms with van der Waals surface area (Å²) in [5.41, 5.74) is 3.00. The van der Waals surface area contributed by atoms with Crippen molar-refractivity contribution in [3.8, 4) is 22.8 Å². The summed E-state index contributed by atoms with van der Waals surface area (Å²) >= 11 is 1.52. The first-order valence-electron chi connectivity index (χ1n) is 8.01. The molecule has 0 radical (unpaired) electrons. The summed E-state index contributed by atoms with van der Waals surface area (Å²) in [6.07, 6.45) is 3.49. The van der Waals surface area contributed by atoms with Gasteiger partial charge in [0, 0.05) is 11.9 Å². The van der Waals surface area contributed by atoms with E-state index in [1.165, 1.54) is 11.3 Å². The zero-order chi connectivity index (χ0) is 18.4. The smallest absolute Gasteiger partial charge is 0.211 e. The van der Waals surface area contributed by atoms with Crippen LogP contribution in [0.2, 0.25) is 0 Å². The van der Waals surface area contributed by atoms with E-state index in [-0.39, 0.29) is 5.75 Å². The molecule has 0 aliphatic heterocycles. The van der Waals surface area contributed by atoms with E-state index in [1.807, 2.05) is 30.3 Å². The van der Waals surface area contributed by atoms with Gasteiger partial charge in [-0.1, -0.05) is 6.08 Å². The van der Waals surface area contributed by atoms with Crippen LogP contribution in [-0.2, 0) is 6.54 Å². The lowest BCUT2D eigenvalue weighted by Gasteiger charge is -2.07. The van der Waals surface area contributed by atoms with Gasteiger partial charge >= 0.3 is 0 Å². The highest BCUT2D eigenvalue weighted by atomic mass is 32.1. The Morgan fingerprint density at radius 2 is 1.88 bits per heavy atom. The fourth-order valence-electron chi connectivity index (χ4n) is 2.41. The molecule has 0 saturated heterocycles. The second-order valence-corrected chi connectivity index (χ2v) is 6.30. The highest BCUT2D eigenvalue weighted by Crippen LogP contribution is 2.23. The molecule has 0 aliphatic rings. The lowest BCUT2D eigenvalue weighted by atomic mass is 10.1. The maximum Gasteiger partial charge on any atom is 0.211 e. The molecule has 0 spiro atoms. The van der Waals surface area contributed by atoms with Gasteiger partial charge in [-0.2, -0.15) is 5.10 Å². The van der Waals surface area contributed by atoms with Crippen LogP contribution < -0.4 is 9.54 Å². The number of allylic oxidation sites excluding steroid dienone is 1. The summed E-state index contributed by atoms with van der Waals surface area (Å²) in [6, 6.07) is 14.7. The standard InChI is InChI=1S/C20H19N3O2S/c1-3-12-23-19(16-6-10-18(25-2)11-7-16)14-26-20(23)22-21-13-15-4-8-17(24)9-5-15/h3-11,13-14,24H,1,12H2,2H3/b21-13-,22-20-. The molecule has 26 heavy (non-hydrogen) atoms.